The van der Waals surface area contributed by atoms with Gasteiger partial charge in [-0.3, -0.25) is 4.79 Å². The maximum absolute atomic E-state index is 12.4. The zero-order chi connectivity index (χ0) is 31.1. The topological polar surface area (TPSA) is 110 Å². The van der Waals surface area contributed by atoms with Crippen molar-refractivity contribution in [2.75, 3.05) is 6.61 Å². The lowest BCUT2D eigenvalue weighted by Crippen LogP contribution is -2.53. The van der Waals surface area contributed by atoms with Gasteiger partial charge in [0, 0.05) is 0 Å². The van der Waals surface area contributed by atoms with E-state index in [0.717, 1.165) is 38.5 Å². The Kier molecular flexibility index (Phi) is 30.3. The molecule has 0 aliphatic carbocycles. The van der Waals surface area contributed by atoms with E-state index in [1.54, 1.807) is 0 Å². The Hall–Kier alpha value is -1.21. The molecule has 4 atom stereocenters. The summed E-state index contributed by atoms with van der Waals surface area (Å²) in [4.78, 5) is 12.4. The summed E-state index contributed by atoms with van der Waals surface area (Å²) in [6.45, 7) is 3.98. The lowest BCUT2D eigenvalue weighted by atomic mass is 10.00. The number of rotatable bonds is 31. The first-order chi connectivity index (χ1) is 20.5. The maximum Gasteiger partial charge on any atom is 0.249 e. The maximum atomic E-state index is 12.4. The number of carbonyl (C=O) groups is 1. The number of unbranched alkanes of at least 4 members (excludes halogenated alkanes) is 18. The molecule has 0 spiro atoms. The second-order valence-electron chi connectivity index (χ2n) is 12.2. The van der Waals surface area contributed by atoms with E-state index >= 15 is 0 Å². The van der Waals surface area contributed by atoms with Gasteiger partial charge in [-0.1, -0.05) is 128 Å². The Morgan fingerprint density at radius 1 is 0.571 bits per heavy atom. The van der Waals surface area contributed by atoms with E-state index in [1.807, 2.05) is 0 Å². The molecule has 0 aliphatic heterocycles. The van der Waals surface area contributed by atoms with Gasteiger partial charge in [-0.25, -0.2) is 0 Å². The average Bonchev–Trinajstić information content (AvgIpc) is 2.99. The highest BCUT2D eigenvalue weighted by atomic mass is 16.3. The fraction of sp³-hybridized carbons (Fsp3) is 0.861. The number of aliphatic hydroxyl groups is 4. The van der Waals surface area contributed by atoms with Crippen LogP contribution in [0.1, 0.15) is 168 Å². The second-order valence-corrected chi connectivity index (χ2v) is 12.2. The predicted molar refractivity (Wildman–Crippen MR) is 177 cm³/mol. The first-order valence-electron chi connectivity index (χ1n) is 17.7. The number of hydrogen-bond acceptors (Lipinski definition) is 5. The molecular weight excluding hydrogens is 526 g/mol. The van der Waals surface area contributed by atoms with Crippen LogP contribution < -0.4 is 5.32 Å². The Balaban J connectivity index is 3.93. The molecule has 0 aromatic heterocycles. The molecule has 0 aromatic carbocycles. The van der Waals surface area contributed by atoms with Gasteiger partial charge >= 0.3 is 0 Å². The smallest absolute Gasteiger partial charge is 0.249 e. The van der Waals surface area contributed by atoms with Gasteiger partial charge < -0.3 is 25.7 Å². The van der Waals surface area contributed by atoms with Crippen molar-refractivity contribution in [1.29, 1.82) is 0 Å². The number of amides is 1. The van der Waals surface area contributed by atoms with Gasteiger partial charge in [-0.2, -0.15) is 0 Å². The van der Waals surface area contributed by atoms with E-state index in [1.165, 1.54) is 96.3 Å². The largest absolute Gasteiger partial charge is 0.394 e. The van der Waals surface area contributed by atoms with Gasteiger partial charge in [0.1, 0.15) is 12.2 Å². The van der Waals surface area contributed by atoms with E-state index in [2.05, 4.69) is 43.5 Å². The summed E-state index contributed by atoms with van der Waals surface area (Å²) in [5.74, 6) is -0.613. The second kappa shape index (κ2) is 31.2. The van der Waals surface area contributed by atoms with Crippen LogP contribution in [0.25, 0.3) is 0 Å². The lowest BCUT2D eigenvalue weighted by molar-refractivity contribution is -0.132. The summed E-state index contributed by atoms with van der Waals surface area (Å²) in [7, 11) is 0. The highest BCUT2D eigenvalue weighted by molar-refractivity contribution is 5.80. The molecule has 0 saturated heterocycles. The first kappa shape index (κ1) is 40.8. The number of hydrogen-bond donors (Lipinski definition) is 5. The van der Waals surface area contributed by atoms with Gasteiger partial charge in [0.15, 0.2) is 0 Å². The number of nitrogens with one attached hydrogen (secondary N) is 1. The SMILES string of the molecule is CCCCCCCC/C=C\CCCCC(O)C(=O)NC(CO)C(O)C(O)CCC/C=C/CCCCCCCCCCC. The van der Waals surface area contributed by atoms with Crippen LogP contribution in [-0.2, 0) is 4.79 Å². The third-order valence-corrected chi connectivity index (χ3v) is 8.13. The van der Waals surface area contributed by atoms with Gasteiger partial charge in [0.25, 0.3) is 0 Å². The van der Waals surface area contributed by atoms with Crippen molar-refractivity contribution in [3.63, 3.8) is 0 Å². The van der Waals surface area contributed by atoms with Crippen LogP contribution in [0.2, 0.25) is 0 Å². The molecule has 0 aromatic rings. The minimum Gasteiger partial charge on any atom is -0.394 e. The minimum atomic E-state index is -1.28. The molecular formula is C36H69NO5. The molecule has 1 amide bonds. The molecule has 0 radical (unpaired) electrons. The molecule has 0 heterocycles. The van der Waals surface area contributed by atoms with E-state index in [9.17, 15) is 25.2 Å². The zero-order valence-electron chi connectivity index (χ0n) is 27.5. The molecule has 42 heavy (non-hydrogen) atoms. The predicted octanol–water partition coefficient (Wildman–Crippen LogP) is 8.06. The van der Waals surface area contributed by atoms with E-state index in [4.69, 9.17) is 0 Å². The molecule has 6 heteroatoms. The molecule has 0 saturated carbocycles. The third-order valence-electron chi connectivity index (χ3n) is 8.13. The van der Waals surface area contributed by atoms with Crippen LogP contribution >= 0.6 is 0 Å². The average molecular weight is 596 g/mol. The van der Waals surface area contributed by atoms with Crippen molar-refractivity contribution >= 4 is 5.91 Å². The van der Waals surface area contributed by atoms with Gasteiger partial charge in [0.2, 0.25) is 5.91 Å². The van der Waals surface area contributed by atoms with Crippen LogP contribution in [0, 0.1) is 0 Å². The summed E-state index contributed by atoms with van der Waals surface area (Å²) < 4.78 is 0. The number of carbonyl (C=O) groups excluding carboxylic acids is 1. The Labute approximate surface area is 259 Å². The third kappa shape index (κ3) is 25.3. The fourth-order valence-corrected chi connectivity index (χ4v) is 5.22. The van der Waals surface area contributed by atoms with Crippen LogP contribution in [0.3, 0.4) is 0 Å². The van der Waals surface area contributed by atoms with Crippen molar-refractivity contribution < 1.29 is 25.2 Å². The number of aliphatic hydroxyl groups excluding tert-OH is 4. The lowest BCUT2D eigenvalue weighted by Gasteiger charge is -2.27. The van der Waals surface area contributed by atoms with Gasteiger partial charge in [-0.05, 0) is 64.2 Å². The van der Waals surface area contributed by atoms with Crippen LogP contribution in [0.5, 0.6) is 0 Å². The van der Waals surface area contributed by atoms with Crippen molar-refractivity contribution in [2.45, 2.75) is 192 Å². The summed E-state index contributed by atoms with van der Waals surface area (Å²) >= 11 is 0. The van der Waals surface area contributed by atoms with Crippen molar-refractivity contribution in [3.05, 3.63) is 24.3 Å². The monoisotopic (exact) mass is 596 g/mol. The molecule has 4 unspecified atom stereocenters. The van der Waals surface area contributed by atoms with Crippen molar-refractivity contribution in [1.82, 2.24) is 5.32 Å². The van der Waals surface area contributed by atoms with E-state index in [-0.39, 0.29) is 0 Å². The molecule has 0 fully saturated rings. The van der Waals surface area contributed by atoms with Crippen LogP contribution in [0.4, 0.5) is 0 Å². The quantitative estimate of drug-likeness (QED) is 0.0411. The Morgan fingerprint density at radius 2 is 0.976 bits per heavy atom. The molecule has 0 rings (SSSR count). The van der Waals surface area contributed by atoms with E-state index < -0.39 is 36.9 Å². The molecule has 0 aliphatic rings. The summed E-state index contributed by atoms with van der Waals surface area (Å²) in [6, 6.07) is -1.01. The summed E-state index contributed by atoms with van der Waals surface area (Å²) in [6.07, 6.45) is 32.0. The summed E-state index contributed by atoms with van der Waals surface area (Å²) in [5, 5.41) is 43.3. The highest BCUT2D eigenvalue weighted by Gasteiger charge is 2.28. The highest BCUT2D eigenvalue weighted by Crippen LogP contribution is 2.13. The Morgan fingerprint density at radius 3 is 1.43 bits per heavy atom. The van der Waals surface area contributed by atoms with Gasteiger partial charge in [-0.15, -0.1) is 0 Å². The Bertz CT molecular complexity index is 638. The molecule has 5 N–H and O–H groups in total. The normalized spacial score (nSPS) is 14.9. The molecule has 6 nitrogen and oxygen atoms in total. The number of allylic oxidation sites excluding steroid dienone is 4. The van der Waals surface area contributed by atoms with Crippen molar-refractivity contribution in [2.24, 2.45) is 0 Å². The first-order valence-corrected chi connectivity index (χ1v) is 17.7. The van der Waals surface area contributed by atoms with Crippen LogP contribution in [0.15, 0.2) is 24.3 Å². The minimum absolute atomic E-state index is 0.333. The van der Waals surface area contributed by atoms with Gasteiger partial charge in [0.05, 0.1) is 18.8 Å². The fourth-order valence-electron chi connectivity index (χ4n) is 5.22. The zero-order valence-corrected chi connectivity index (χ0v) is 27.5. The molecule has 0 bridgehead atoms. The standard InChI is InChI=1S/C36H69NO5/c1-3-5-7-9-11-13-15-17-18-20-21-23-25-27-29-33(39)35(41)32(31-38)37-36(42)34(40)30-28-26-24-22-19-16-14-12-10-8-6-4-2/h19,21-23,32-35,38-41H,3-18,20,24-31H2,1-2H3,(H,37,42)/b22-19-,23-21+. The van der Waals surface area contributed by atoms with Crippen molar-refractivity contribution in [3.8, 4) is 0 Å². The summed E-state index contributed by atoms with van der Waals surface area (Å²) in [5.41, 5.74) is 0. The van der Waals surface area contributed by atoms with Crippen LogP contribution in [-0.4, -0.2) is 57.3 Å². The van der Waals surface area contributed by atoms with E-state index in [0.29, 0.717) is 19.3 Å². The molecule has 248 valence electrons.